The first-order chi connectivity index (χ1) is 9.04. The average molecular weight is 264 g/mol. The van der Waals surface area contributed by atoms with Crippen LogP contribution in [0.2, 0.25) is 0 Å². The molecular weight excluding hydrogens is 240 g/mol. The van der Waals surface area contributed by atoms with Gasteiger partial charge < -0.3 is 20.1 Å². The number of nitrogens with two attached hydrogens (primary N) is 1. The van der Waals surface area contributed by atoms with E-state index in [1.807, 2.05) is 27.8 Å². The van der Waals surface area contributed by atoms with Crippen LogP contribution in [-0.4, -0.2) is 59.5 Å². The van der Waals surface area contributed by atoms with Gasteiger partial charge in [-0.2, -0.15) is 0 Å². The van der Waals surface area contributed by atoms with Crippen LogP contribution in [-0.2, 0) is 0 Å². The Hall–Kier alpha value is -1.33. The van der Waals surface area contributed by atoms with Gasteiger partial charge in [-0.15, -0.1) is 0 Å². The summed E-state index contributed by atoms with van der Waals surface area (Å²) in [4.78, 5) is 16.8. The van der Waals surface area contributed by atoms with Gasteiger partial charge in [0.05, 0.1) is 6.04 Å². The van der Waals surface area contributed by atoms with Crippen LogP contribution >= 0.6 is 0 Å². The minimum Gasteiger partial charge on any atom is -0.341 e. The van der Waals surface area contributed by atoms with Crippen LogP contribution in [0.1, 0.15) is 30.4 Å². The maximum Gasteiger partial charge on any atom is 0.270 e. The molecule has 1 atom stereocenters. The summed E-state index contributed by atoms with van der Waals surface area (Å²) >= 11 is 0. The fourth-order valence-electron chi connectivity index (χ4n) is 2.65. The zero-order valence-corrected chi connectivity index (χ0v) is 12.0. The third-order valence-electron chi connectivity index (χ3n) is 3.77. The van der Waals surface area contributed by atoms with Gasteiger partial charge in [0.1, 0.15) is 5.69 Å². The SMILES string of the molecule is CC(C)n1cccc1C(=O)N1CCN(C)CC1CN. The van der Waals surface area contributed by atoms with E-state index >= 15 is 0 Å². The highest BCUT2D eigenvalue weighted by Crippen LogP contribution is 2.16. The Balaban J connectivity index is 2.20. The molecule has 1 aromatic heterocycles. The van der Waals surface area contributed by atoms with Gasteiger partial charge in [-0.3, -0.25) is 4.79 Å². The molecule has 106 valence electrons. The molecule has 2 rings (SSSR count). The van der Waals surface area contributed by atoms with Crippen molar-refractivity contribution in [3.63, 3.8) is 0 Å². The molecule has 1 saturated heterocycles. The van der Waals surface area contributed by atoms with Crippen LogP contribution in [0.25, 0.3) is 0 Å². The van der Waals surface area contributed by atoms with Gasteiger partial charge in [0.25, 0.3) is 5.91 Å². The summed E-state index contributed by atoms with van der Waals surface area (Å²) in [7, 11) is 2.07. The van der Waals surface area contributed by atoms with Crippen LogP contribution in [0.5, 0.6) is 0 Å². The normalized spacial score (nSPS) is 21.1. The van der Waals surface area contributed by atoms with E-state index in [2.05, 4.69) is 25.8 Å². The Morgan fingerprint density at radius 1 is 1.47 bits per heavy atom. The Kier molecular flexibility index (Phi) is 4.27. The lowest BCUT2D eigenvalue weighted by Gasteiger charge is -2.39. The van der Waals surface area contributed by atoms with Crippen LogP contribution in [0.4, 0.5) is 0 Å². The fourth-order valence-corrected chi connectivity index (χ4v) is 2.65. The molecule has 1 amide bonds. The topological polar surface area (TPSA) is 54.5 Å². The summed E-state index contributed by atoms with van der Waals surface area (Å²) in [6.07, 6.45) is 1.96. The molecule has 1 aliphatic heterocycles. The van der Waals surface area contributed by atoms with E-state index in [1.165, 1.54) is 0 Å². The van der Waals surface area contributed by atoms with Crippen LogP contribution < -0.4 is 5.73 Å². The number of hydrogen-bond donors (Lipinski definition) is 1. The highest BCUT2D eigenvalue weighted by molar-refractivity contribution is 5.93. The number of likely N-dealkylation sites (N-methyl/N-ethyl adjacent to an activating group) is 1. The van der Waals surface area contributed by atoms with Crippen LogP contribution in [0, 0.1) is 0 Å². The zero-order chi connectivity index (χ0) is 14.0. The molecule has 2 heterocycles. The first-order valence-corrected chi connectivity index (χ1v) is 6.91. The first kappa shape index (κ1) is 14.1. The molecule has 5 heteroatoms. The molecule has 0 bridgehead atoms. The quantitative estimate of drug-likeness (QED) is 0.878. The van der Waals surface area contributed by atoms with Crippen molar-refractivity contribution in [1.29, 1.82) is 0 Å². The number of amides is 1. The largest absolute Gasteiger partial charge is 0.341 e. The smallest absolute Gasteiger partial charge is 0.270 e. The third-order valence-corrected chi connectivity index (χ3v) is 3.77. The molecule has 0 radical (unpaired) electrons. The molecule has 1 aromatic rings. The van der Waals surface area contributed by atoms with E-state index in [9.17, 15) is 4.79 Å². The molecule has 0 aromatic carbocycles. The summed E-state index contributed by atoms with van der Waals surface area (Å²) in [6, 6.07) is 4.23. The molecular formula is C14H24N4O. The van der Waals surface area contributed by atoms with Gasteiger partial charge in [-0.1, -0.05) is 0 Å². The van der Waals surface area contributed by atoms with Crippen molar-refractivity contribution < 1.29 is 4.79 Å². The van der Waals surface area contributed by atoms with Crippen molar-refractivity contribution in [2.45, 2.75) is 25.9 Å². The Bertz CT molecular complexity index is 440. The molecule has 1 unspecified atom stereocenters. The van der Waals surface area contributed by atoms with Gasteiger partial charge >= 0.3 is 0 Å². The summed E-state index contributed by atoms with van der Waals surface area (Å²) in [6.45, 7) is 7.19. The monoisotopic (exact) mass is 264 g/mol. The summed E-state index contributed by atoms with van der Waals surface area (Å²) in [5, 5.41) is 0. The predicted octanol–water partition coefficient (Wildman–Crippen LogP) is 0.784. The number of nitrogens with zero attached hydrogens (tertiary/aromatic N) is 3. The van der Waals surface area contributed by atoms with E-state index in [-0.39, 0.29) is 18.0 Å². The van der Waals surface area contributed by atoms with Crippen molar-refractivity contribution >= 4 is 5.91 Å². The maximum absolute atomic E-state index is 12.7. The number of carbonyl (C=O) groups is 1. The van der Waals surface area contributed by atoms with Crippen molar-refractivity contribution in [2.24, 2.45) is 5.73 Å². The molecule has 1 aliphatic rings. The van der Waals surface area contributed by atoms with Gasteiger partial charge in [-0.25, -0.2) is 0 Å². The van der Waals surface area contributed by atoms with Crippen LogP contribution in [0.15, 0.2) is 18.3 Å². The maximum atomic E-state index is 12.7. The van der Waals surface area contributed by atoms with Crippen molar-refractivity contribution in [3.8, 4) is 0 Å². The lowest BCUT2D eigenvalue weighted by Crippen LogP contribution is -2.57. The lowest BCUT2D eigenvalue weighted by atomic mass is 10.1. The Labute approximate surface area is 115 Å². The van der Waals surface area contributed by atoms with E-state index in [1.54, 1.807) is 0 Å². The second kappa shape index (κ2) is 5.75. The Morgan fingerprint density at radius 2 is 2.21 bits per heavy atom. The van der Waals surface area contributed by atoms with Crippen molar-refractivity contribution in [3.05, 3.63) is 24.0 Å². The average Bonchev–Trinajstić information content (AvgIpc) is 2.87. The summed E-state index contributed by atoms with van der Waals surface area (Å²) < 4.78 is 2.02. The minimum atomic E-state index is 0.0993. The number of hydrogen-bond acceptors (Lipinski definition) is 3. The van der Waals surface area contributed by atoms with Gasteiger partial charge in [0, 0.05) is 38.4 Å². The molecule has 5 nitrogen and oxygen atoms in total. The number of rotatable bonds is 3. The van der Waals surface area contributed by atoms with E-state index in [4.69, 9.17) is 5.73 Å². The number of piperazine rings is 1. The predicted molar refractivity (Wildman–Crippen MR) is 76.2 cm³/mol. The van der Waals surface area contributed by atoms with Crippen LogP contribution in [0.3, 0.4) is 0 Å². The van der Waals surface area contributed by atoms with E-state index in [0.29, 0.717) is 6.54 Å². The van der Waals surface area contributed by atoms with Gasteiger partial charge in [-0.05, 0) is 33.0 Å². The molecule has 1 fully saturated rings. The zero-order valence-electron chi connectivity index (χ0n) is 12.0. The van der Waals surface area contributed by atoms with Gasteiger partial charge in [0.2, 0.25) is 0 Å². The second-order valence-electron chi connectivity index (χ2n) is 5.54. The molecule has 0 saturated carbocycles. The highest BCUT2D eigenvalue weighted by atomic mass is 16.2. The van der Waals surface area contributed by atoms with Gasteiger partial charge in [0.15, 0.2) is 0 Å². The van der Waals surface area contributed by atoms with E-state index < -0.39 is 0 Å². The standard InChI is InChI=1S/C14H24N4O/c1-11(2)17-6-4-5-13(17)14(19)18-8-7-16(3)10-12(18)9-15/h4-6,11-12H,7-10,15H2,1-3H3. The fraction of sp³-hybridized carbons (Fsp3) is 0.643. The molecule has 2 N–H and O–H groups in total. The highest BCUT2D eigenvalue weighted by Gasteiger charge is 2.30. The summed E-state index contributed by atoms with van der Waals surface area (Å²) in [5.74, 6) is 0.0993. The summed E-state index contributed by atoms with van der Waals surface area (Å²) in [5.41, 5.74) is 6.58. The molecule has 0 spiro atoms. The lowest BCUT2D eigenvalue weighted by molar-refractivity contribution is 0.0504. The van der Waals surface area contributed by atoms with E-state index in [0.717, 1.165) is 25.3 Å². The molecule has 0 aliphatic carbocycles. The Morgan fingerprint density at radius 3 is 2.84 bits per heavy atom. The number of carbonyl (C=O) groups excluding carboxylic acids is 1. The minimum absolute atomic E-state index is 0.0993. The van der Waals surface area contributed by atoms with Crippen molar-refractivity contribution in [2.75, 3.05) is 33.2 Å². The van der Waals surface area contributed by atoms with Crippen molar-refractivity contribution in [1.82, 2.24) is 14.4 Å². The number of aromatic nitrogens is 1. The first-order valence-electron chi connectivity index (χ1n) is 6.91. The second-order valence-corrected chi connectivity index (χ2v) is 5.54. The third kappa shape index (κ3) is 2.82. The molecule has 19 heavy (non-hydrogen) atoms.